The lowest BCUT2D eigenvalue weighted by atomic mass is 9.99. The van der Waals surface area contributed by atoms with Crippen LogP contribution in [0.2, 0.25) is 5.02 Å². The minimum Gasteiger partial charge on any atom is -0.481 e. The van der Waals surface area contributed by atoms with Crippen molar-refractivity contribution < 1.29 is 14.7 Å². The van der Waals surface area contributed by atoms with E-state index in [1.165, 1.54) is 0 Å². The van der Waals surface area contributed by atoms with Gasteiger partial charge in [0.1, 0.15) is 0 Å². The van der Waals surface area contributed by atoms with E-state index >= 15 is 0 Å². The molecule has 0 radical (unpaired) electrons. The van der Waals surface area contributed by atoms with E-state index in [0.29, 0.717) is 5.02 Å². The molecule has 0 spiro atoms. The Balaban J connectivity index is 2.85. The second-order valence-corrected chi connectivity index (χ2v) is 5.48. The molecule has 1 rings (SSSR count). The average molecular weight is 298 g/mol. The summed E-state index contributed by atoms with van der Waals surface area (Å²) in [6.07, 6.45) is -0.0494. The molecule has 4 nitrogen and oxygen atoms in total. The van der Waals surface area contributed by atoms with Crippen LogP contribution in [0.3, 0.4) is 0 Å². The number of rotatable bonds is 6. The molecule has 0 heterocycles. The van der Waals surface area contributed by atoms with Crippen molar-refractivity contribution in [1.82, 2.24) is 4.90 Å². The van der Waals surface area contributed by atoms with E-state index in [2.05, 4.69) is 0 Å². The fourth-order valence-electron chi connectivity index (χ4n) is 2.01. The summed E-state index contributed by atoms with van der Waals surface area (Å²) in [5, 5.41) is 9.35. The van der Waals surface area contributed by atoms with Crippen molar-refractivity contribution in [1.29, 1.82) is 0 Å². The molecule has 0 saturated carbocycles. The van der Waals surface area contributed by atoms with E-state index < -0.39 is 5.97 Å². The number of amides is 1. The van der Waals surface area contributed by atoms with Crippen LogP contribution in [-0.2, 0) is 9.59 Å². The predicted octanol–water partition coefficient (Wildman–Crippen LogP) is 3.16. The maximum absolute atomic E-state index is 12.5. The first-order chi connectivity index (χ1) is 9.32. The molecule has 1 atom stereocenters. The summed E-state index contributed by atoms with van der Waals surface area (Å²) in [6, 6.07) is 7.14. The molecular weight excluding hydrogens is 278 g/mol. The zero-order chi connectivity index (χ0) is 15.3. The fraction of sp³-hybridized carbons (Fsp3) is 0.467. The summed E-state index contributed by atoms with van der Waals surface area (Å²) >= 11 is 5.94. The molecule has 0 bridgehead atoms. The number of nitrogens with zero attached hydrogens (tertiary/aromatic N) is 1. The molecule has 0 saturated heterocycles. The molecule has 110 valence electrons. The van der Waals surface area contributed by atoms with Crippen LogP contribution < -0.4 is 0 Å². The maximum Gasteiger partial charge on any atom is 0.305 e. The van der Waals surface area contributed by atoms with Crippen molar-refractivity contribution in [2.75, 3.05) is 6.54 Å². The second kappa shape index (κ2) is 7.29. The Morgan fingerprint density at radius 3 is 2.45 bits per heavy atom. The molecule has 1 aromatic rings. The highest BCUT2D eigenvalue weighted by atomic mass is 35.5. The van der Waals surface area contributed by atoms with Gasteiger partial charge in [0, 0.05) is 17.6 Å². The van der Waals surface area contributed by atoms with Crippen LogP contribution >= 0.6 is 11.6 Å². The van der Waals surface area contributed by atoms with E-state index in [0.717, 1.165) is 5.56 Å². The molecule has 20 heavy (non-hydrogen) atoms. The number of hydrogen-bond acceptors (Lipinski definition) is 2. The number of carbonyl (C=O) groups excluding carboxylic acids is 1. The highest BCUT2D eigenvalue weighted by Gasteiger charge is 2.24. The number of hydrogen-bond donors (Lipinski definition) is 1. The first-order valence-electron chi connectivity index (χ1n) is 6.60. The SMILES string of the molecule is CC(C(=O)N(CCC(=O)O)C(C)C)c1cccc(Cl)c1. The van der Waals surface area contributed by atoms with Crippen LogP contribution in [0.4, 0.5) is 0 Å². The molecule has 1 amide bonds. The van der Waals surface area contributed by atoms with E-state index in [1.54, 1.807) is 23.1 Å². The predicted molar refractivity (Wildman–Crippen MR) is 79.0 cm³/mol. The van der Waals surface area contributed by atoms with Gasteiger partial charge in [-0.2, -0.15) is 0 Å². The normalized spacial score (nSPS) is 12.2. The van der Waals surface area contributed by atoms with Crippen molar-refractivity contribution in [2.24, 2.45) is 0 Å². The third kappa shape index (κ3) is 4.53. The van der Waals surface area contributed by atoms with Crippen molar-refractivity contribution in [3.63, 3.8) is 0 Å². The summed E-state index contributed by atoms with van der Waals surface area (Å²) in [5.74, 6) is -1.33. The van der Waals surface area contributed by atoms with Gasteiger partial charge in [-0.15, -0.1) is 0 Å². The minimum atomic E-state index is -0.904. The number of carbonyl (C=O) groups is 2. The lowest BCUT2D eigenvalue weighted by Gasteiger charge is -2.29. The van der Waals surface area contributed by atoms with E-state index in [4.69, 9.17) is 16.7 Å². The number of benzene rings is 1. The first-order valence-corrected chi connectivity index (χ1v) is 6.98. The molecule has 0 aliphatic rings. The van der Waals surface area contributed by atoms with E-state index in [9.17, 15) is 9.59 Å². The van der Waals surface area contributed by atoms with Gasteiger partial charge >= 0.3 is 5.97 Å². The second-order valence-electron chi connectivity index (χ2n) is 5.05. The zero-order valence-corrected chi connectivity index (χ0v) is 12.7. The van der Waals surface area contributed by atoms with Gasteiger partial charge in [0.25, 0.3) is 0 Å². The van der Waals surface area contributed by atoms with Gasteiger partial charge in [-0.25, -0.2) is 0 Å². The largest absolute Gasteiger partial charge is 0.481 e. The molecule has 0 fully saturated rings. The third-order valence-electron chi connectivity index (χ3n) is 3.19. The maximum atomic E-state index is 12.5. The van der Waals surface area contributed by atoms with Gasteiger partial charge < -0.3 is 10.0 Å². The molecular formula is C15H20ClNO3. The van der Waals surface area contributed by atoms with Crippen molar-refractivity contribution in [3.05, 3.63) is 34.9 Å². The third-order valence-corrected chi connectivity index (χ3v) is 3.43. The summed E-state index contributed by atoms with van der Waals surface area (Å²) in [4.78, 5) is 24.8. The molecule has 1 aromatic carbocycles. The van der Waals surface area contributed by atoms with Crippen LogP contribution in [0, 0.1) is 0 Å². The van der Waals surface area contributed by atoms with E-state index in [-0.39, 0.29) is 30.8 Å². The van der Waals surface area contributed by atoms with Crippen LogP contribution in [-0.4, -0.2) is 34.5 Å². The van der Waals surface area contributed by atoms with Gasteiger partial charge in [-0.3, -0.25) is 9.59 Å². The molecule has 0 aromatic heterocycles. The van der Waals surface area contributed by atoms with Crippen molar-refractivity contribution in [2.45, 2.75) is 39.2 Å². The van der Waals surface area contributed by atoms with Gasteiger partial charge in [0.2, 0.25) is 5.91 Å². The fourth-order valence-corrected chi connectivity index (χ4v) is 2.20. The Hall–Kier alpha value is -1.55. The molecule has 5 heteroatoms. The number of halogens is 1. The number of carboxylic acids is 1. The summed E-state index contributed by atoms with van der Waals surface area (Å²) in [7, 11) is 0. The molecule has 1 N–H and O–H groups in total. The van der Waals surface area contributed by atoms with Crippen LogP contribution in [0.1, 0.15) is 38.7 Å². The highest BCUT2D eigenvalue weighted by molar-refractivity contribution is 6.30. The number of carboxylic acid groups (broad SMARTS) is 1. The van der Waals surface area contributed by atoms with Gasteiger partial charge in [-0.05, 0) is 38.5 Å². The van der Waals surface area contributed by atoms with Crippen molar-refractivity contribution >= 4 is 23.5 Å². The molecule has 1 unspecified atom stereocenters. The van der Waals surface area contributed by atoms with Crippen LogP contribution in [0.15, 0.2) is 24.3 Å². The van der Waals surface area contributed by atoms with Crippen LogP contribution in [0.25, 0.3) is 0 Å². The monoisotopic (exact) mass is 297 g/mol. The topological polar surface area (TPSA) is 57.6 Å². The Morgan fingerprint density at radius 2 is 1.95 bits per heavy atom. The Kier molecular flexibility index (Phi) is 6.02. The lowest BCUT2D eigenvalue weighted by molar-refractivity contribution is -0.139. The standard InChI is InChI=1S/C15H20ClNO3/c1-10(2)17(8-7-14(18)19)15(20)11(3)12-5-4-6-13(16)9-12/h4-6,9-11H,7-8H2,1-3H3,(H,18,19). The molecule has 0 aliphatic carbocycles. The van der Waals surface area contributed by atoms with Gasteiger partial charge in [0.05, 0.1) is 12.3 Å². The quantitative estimate of drug-likeness (QED) is 0.877. The summed E-state index contributed by atoms with van der Waals surface area (Å²) in [5.41, 5.74) is 0.837. The van der Waals surface area contributed by atoms with Crippen molar-refractivity contribution in [3.8, 4) is 0 Å². The average Bonchev–Trinajstić information content (AvgIpc) is 2.37. The van der Waals surface area contributed by atoms with Gasteiger partial charge in [0.15, 0.2) is 0 Å². The van der Waals surface area contributed by atoms with E-state index in [1.807, 2.05) is 26.8 Å². The number of aliphatic carboxylic acids is 1. The smallest absolute Gasteiger partial charge is 0.305 e. The Morgan fingerprint density at radius 1 is 1.30 bits per heavy atom. The Bertz CT molecular complexity index is 488. The zero-order valence-electron chi connectivity index (χ0n) is 12.0. The lowest BCUT2D eigenvalue weighted by Crippen LogP contribution is -2.40. The van der Waals surface area contributed by atoms with Crippen LogP contribution in [0.5, 0.6) is 0 Å². The minimum absolute atomic E-state index is 0.0384. The first kappa shape index (κ1) is 16.5. The molecule has 0 aliphatic heterocycles. The summed E-state index contributed by atoms with van der Waals surface area (Å²) < 4.78 is 0. The summed E-state index contributed by atoms with van der Waals surface area (Å²) in [6.45, 7) is 5.79. The highest BCUT2D eigenvalue weighted by Crippen LogP contribution is 2.22. The Labute approximate surface area is 124 Å². The van der Waals surface area contributed by atoms with Gasteiger partial charge in [-0.1, -0.05) is 23.7 Å².